The Bertz CT molecular complexity index is 1110. The molecular weight excluding hydrogens is 436 g/mol. The van der Waals surface area contributed by atoms with Gasteiger partial charge in [-0.2, -0.15) is 0 Å². The molecule has 0 N–H and O–H groups in total. The van der Waals surface area contributed by atoms with Gasteiger partial charge in [0.15, 0.2) is 0 Å². The van der Waals surface area contributed by atoms with E-state index in [4.69, 9.17) is 9.26 Å². The van der Waals surface area contributed by atoms with Crippen molar-refractivity contribution in [1.82, 2.24) is 5.16 Å². The molecule has 0 radical (unpaired) electrons. The molecule has 3 rings (SSSR count). The highest BCUT2D eigenvalue weighted by atomic mass is 32.2. The highest BCUT2D eigenvalue weighted by Crippen LogP contribution is 2.27. The summed E-state index contributed by atoms with van der Waals surface area (Å²) in [4.78, 5) is 0.239. The largest absolute Gasteiger partial charge is 0.489 e. The number of sulfonamides is 1. The van der Waals surface area contributed by atoms with Crippen molar-refractivity contribution in [3.05, 3.63) is 71.1 Å². The van der Waals surface area contributed by atoms with E-state index in [2.05, 4.69) is 12.1 Å². The summed E-state index contributed by atoms with van der Waals surface area (Å²) in [6.45, 7) is 10.6. The van der Waals surface area contributed by atoms with E-state index in [1.807, 2.05) is 52.0 Å². The summed E-state index contributed by atoms with van der Waals surface area (Å²) in [5.41, 5.74) is 3.60. The molecule has 0 bridgehead atoms. The van der Waals surface area contributed by atoms with Crippen molar-refractivity contribution >= 4 is 15.7 Å². The molecular formula is C26H34N2O4S. The second kappa shape index (κ2) is 10.9. The predicted molar refractivity (Wildman–Crippen MR) is 131 cm³/mol. The predicted octanol–water partition coefficient (Wildman–Crippen LogP) is 6.06. The van der Waals surface area contributed by atoms with Crippen LogP contribution in [0.1, 0.15) is 56.2 Å². The summed E-state index contributed by atoms with van der Waals surface area (Å²) in [5.74, 6) is 1.48. The number of ether oxygens (including phenoxy) is 1. The van der Waals surface area contributed by atoms with Crippen molar-refractivity contribution in [1.29, 1.82) is 0 Å². The second-order valence-electron chi connectivity index (χ2n) is 8.76. The Labute approximate surface area is 197 Å². The zero-order valence-corrected chi connectivity index (χ0v) is 21.0. The first kappa shape index (κ1) is 24.8. The number of nitrogens with zero attached hydrogens (tertiary/aromatic N) is 2. The Morgan fingerprint density at radius 2 is 1.70 bits per heavy atom. The van der Waals surface area contributed by atoms with Crippen molar-refractivity contribution in [3.63, 3.8) is 0 Å². The van der Waals surface area contributed by atoms with Gasteiger partial charge in [0, 0.05) is 6.54 Å². The molecule has 7 heteroatoms. The van der Waals surface area contributed by atoms with Gasteiger partial charge in [-0.3, -0.25) is 4.31 Å². The third-order valence-electron chi connectivity index (χ3n) is 5.55. The minimum Gasteiger partial charge on any atom is -0.489 e. The molecule has 0 atom stereocenters. The lowest BCUT2D eigenvalue weighted by molar-refractivity contribution is 0.301. The van der Waals surface area contributed by atoms with Crippen LogP contribution < -0.4 is 9.04 Å². The quantitative estimate of drug-likeness (QED) is 0.340. The Hall–Kier alpha value is -2.80. The minimum absolute atomic E-state index is 0.178. The lowest BCUT2D eigenvalue weighted by Gasteiger charge is -2.26. The zero-order chi connectivity index (χ0) is 24.0. The Morgan fingerprint density at radius 3 is 2.24 bits per heavy atom. The first-order valence-electron chi connectivity index (χ1n) is 11.5. The van der Waals surface area contributed by atoms with E-state index in [0.717, 1.165) is 36.3 Å². The number of benzene rings is 2. The van der Waals surface area contributed by atoms with Gasteiger partial charge in [-0.25, -0.2) is 8.42 Å². The van der Waals surface area contributed by atoms with E-state index < -0.39 is 10.0 Å². The number of hydrogen-bond acceptors (Lipinski definition) is 5. The van der Waals surface area contributed by atoms with Crippen LogP contribution in [0.3, 0.4) is 0 Å². The van der Waals surface area contributed by atoms with E-state index in [0.29, 0.717) is 24.6 Å². The van der Waals surface area contributed by atoms with Gasteiger partial charge >= 0.3 is 0 Å². The molecule has 1 heterocycles. The van der Waals surface area contributed by atoms with E-state index in [1.165, 1.54) is 9.87 Å². The molecule has 0 fully saturated rings. The molecule has 6 nitrogen and oxygen atoms in total. The molecule has 0 spiro atoms. The number of rotatable bonds is 11. The summed E-state index contributed by atoms with van der Waals surface area (Å²) in [7, 11) is -3.71. The lowest BCUT2D eigenvalue weighted by Crippen LogP contribution is -2.34. The van der Waals surface area contributed by atoms with Crippen molar-refractivity contribution in [2.75, 3.05) is 10.8 Å². The van der Waals surface area contributed by atoms with Crippen molar-refractivity contribution in [3.8, 4) is 5.75 Å². The van der Waals surface area contributed by atoms with Gasteiger partial charge < -0.3 is 9.26 Å². The van der Waals surface area contributed by atoms with Gasteiger partial charge in [-0.1, -0.05) is 44.5 Å². The third kappa shape index (κ3) is 6.16. The fraction of sp³-hybridized carbons (Fsp3) is 0.423. The number of aromatic nitrogens is 1. The molecule has 1 aromatic heterocycles. The van der Waals surface area contributed by atoms with Gasteiger partial charge in [0.25, 0.3) is 10.0 Å². The van der Waals surface area contributed by atoms with Crippen LogP contribution in [0.2, 0.25) is 0 Å². The van der Waals surface area contributed by atoms with Crippen molar-refractivity contribution < 1.29 is 17.7 Å². The van der Waals surface area contributed by atoms with Crippen molar-refractivity contribution in [2.45, 2.75) is 65.4 Å². The first-order chi connectivity index (χ1) is 15.7. The van der Waals surface area contributed by atoms with Crippen LogP contribution in [0.4, 0.5) is 5.69 Å². The fourth-order valence-corrected chi connectivity index (χ4v) is 5.21. The monoisotopic (exact) mass is 470 g/mol. The average Bonchev–Trinajstić information content (AvgIpc) is 3.12. The SMILES string of the molecule is CCCCc1ccc(N(CC(C)C)S(=O)(=O)c2ccc(OCc3c(C)noc3C)cc2)cc1. The van der Waals surface area contributed by atoms with Crippen LogP contribution >= 0.6 is 0 Å². The minimum atomic E-state index is -3.71. The second-order valence-corrected chi connectivity index (χ2v) is 10.6. The molecule has 0 aliphatic rings. The molecule has 0 saturated carbocycles. The topological polar surface area (TPSA) is 72.6 Å². The molecule has 2 aromatic carbocycles. The summed E-state index contributed by atoms with van der Waals surface area (Å²) < 4.78 is 39.6. The molecule has 0 unspecified atom stereocenters. The Kier molecular flexibility index (Phi) is 8.19. The molecule has 178 valence electrons. The highest BCUT2D eigenvalue weighted by molar-refractivity contribution is 7.92. The maximum Gasteiger partial charge on any atom is 0.264 e. The van der Waals surface area contributed by atoms with Gasteiger partial charge in [-0.15, -0.1) is 0 Å². The number of anilines is 1. The van der Waals surface area contributed by atoms with E-state index in [-0.39, 0.29) is 10.8 Å². The van der Waals surface area contributed by atoms with E-state index >= 15 is 0 Å². The zero-order valence-electron chi connectivity index (χ0n) is 20.2. The third-order valence-corrected chi connectivity index (χ3v) is 7.36. The standard InChI is InChI=1S/C26H34N2O4S/c1-6-7-8-22-9-11-23(12-10-22)28(17-19(2)3)33(29,30)25-15-13-24(14-16-25)31-18-26-20(4)27-32-21(26)5/h9-16,19H,6-8,17-18H2,1-5H3. The van der Waals surface area contributed by atoms with Crippen LogP contribution in [-0.4, -0.2) is 20.1 Å². The number of hydrogen-bond donors (Lipinski definition) is 0. The van der Waals surface area contributed by atoms with Gasteiger partial charge in [0.05, 0.1) is 21.8 Å². The molecule has 3 aromatic rings. The van der Waals surface area contributed by atoms with Crippen LogP contribution in [0.25, 0.3) is 0 Å². The average molecular weight is 471 g/mol. The fourth-order valence-electron chi connectivity index (χ4n) is 3.58. The molecule has 0 saturated heterocycles. The van der Waals surface area contributed by atoms with Gasteiger partial charge in [-0.05, 0) is 74.6 Å². The number of unbranched alkanes of at least 4 members (excludes halogenated alkanes) is 1. The van der Waals surface area contributed by atoms with Crippen molar-refractivity contribution in [2.24, 2.45) is 5.92 Å². The molecule has 33 heavy (non-hydrogen) atoms. The first-order valence-corrected chi connectivity index (χ1v) is 12.9. The Morgan fingerprint density at radius 1 is 1.03 bits per heavy atom. The summed E-state index contributed by atoms with van der Waals surface area (Å²) in [5, 5.41) is 3.93. The maximum atomic E-state index is 13.5. The van der Waals surface area contributed by atoms with Gasteiger partial charge in [0.1, 0.15) is 18.1 Å². The summed E-state index contributed by atoms with van der Waals surface area (Å²) in [6.07, 6.45) is 3.26. The van der Waals surface area contributed by atoms with Crippen LogP contribution in [0.15, 0.2) is 57.9 Å². The Balaban J connectivity index is 1.79. The van der Waals surface area contributed by atoms with E-state index in [9.17, 15) is 8.42 Å². The lowest BCUT2D eigenvalue weighted by atomic mass is 10.1. The van der Waals surface area contributed by atoms with Crippen LogP contribution in [-0.2, 0) is 23.1 Å². The normalized spacial score (nSPS) is 11.7. The molecule has 0 aliphatic heterocycles. The number of aryl methyl sites for hydroxylation is 3. The van der Waals surface area contributed by atoms with E-state index in [1.54, 1.807) is 24.3 Å². The smallest absolute Gasteiger partial charge is 0.264 e. The summed E-state index contributed by atoms with van der Waals surface area (Å²) >= 11 is 0. The summed E-state index contributed by atoms with van der Waals surface area (Å²) in [6, 6.07) is 14.4. The van der Waals surface area contributed by atoms with Gasteiger partial charge in [0.2, 0.25) is 0 Å². The maximum absolute atomic E-state index is 13.5. The molecule has 0 amide bonds. The molecule has 0 aliphatic carbocycles. The highest BCUT2D eigenvalue weighted by Gasteiger charge is 2.26. The van der Waals surface area contributed by atoms with Crippen LogP contribution in [0.5, 0.6) is 5.75 Å². The van der Waals surface area contributed by atoms with Crippen LogP contribution in [0, 0.1) is 19.8 Å².